The van der Waals surface area contributed by atoms with Gasteiger partial charge in [-0.15, -0.1) is 0 Å². The second-order valence-electron chi connectivity index (χ2n) is 4.81. The number of H-pyrrole nitrogens is 1. The quantitative estimate of drug-likeness (QED) is 0.832. The van der Waals surface area contributed by atoms with Gasteiger partial charge in [-0.25, -0.2) is 9.89 Å². The van der Waals surface area contributed by atoms with Crippen LogP contribution < -0.4 is 5.56 Å². The number of hydrogen-bond acceptors (Lipinski definition) is 5. The van der Waals surface area contributed by atoms with Crippen molar-refractivity contribution in [3.8, 4) is 11.3 Å². The Labute approximate surface area is 114 Å². The molecular formula is C13H15N3O4. The summed E-state index contributed by atoms with van der Waals surface area (Å²) in [5.74, 6) is -0.511. The van der Waals surface area contributed by atoms with E-state index in [0.717, 1.165) is 19.4 Å². The standard InChI is InChI=1S/C13H15N3O4/c1-19-13(18)10-7-16(5-8-3-2-4-20-8)6-9-11(10)14-15-12(9)17/h6-8H,2-5H2,1H3,(H,15,17)/t8-/m0/s1. The highest BCUT2D eigenvalue weighted by Gasteiger charge is 2.23. The summed E-state index contributed by atoms with van der Waals surface area (Å²) in [6.45, 7) is 1.36. The number of nitrogens with one attached hydrogen (secondary N) is 1. The lowest BCUT2D eigenvalue weighted by molar-refractivity contribution is 0.0598. The SMILES string of the molecule is COC(=O)c1cn(C[C@@H]2CCCO2)cc2c(=O)[nH]nc1-2. The van der Waals surface area contributed by atoms with Crippen LogP contribution in [0.15, 0.2) is 17.2 Å². The van der Waals surface area contributed by atoms with Gasteiger partial charge in [0.2, 0.25) is 0 Å². The van der Waals surface area contributed by atoms with Crippen LogP contribution in [0.4, 0.5) is 0 Å². The molecule has 0 amide bonds. The highest BCUT2D eigenvalue weighted by Crippen LogP contribution is 2.22. The van der Waals surface area contributed by atoms with Crippen molar-refractivity contribution < 1.29 is 14.3 Å². The van der Waals surface area contributed by atoms with E-state index in [1.165, 1.54) is 7.11 Å². The molecule has 3 aliphatic rings. The van der Waals surface area contributed by atoms with Crippen LogP contribution in [-0.4, -0.2) is 40.6 Å². The third-order valence-electron chi connectivity index (χ3n) is 3.46. The van der Waals surface area contributed by atoms with Gasteiger partial charge in [0, 0.05) is 25.5 Å². The molecule has 0 saturated carbocycles. The number of carbonyl (C=O) groups is 1. The Morgan fingerprint density at radius 3 is 3.15 bits per heavy atom. The number of pyridine rings is 1. The molecule has 0 aromatic rings. The van der Waals surface area contributed by atoms with Crippen molar-refractivity contribution in [2.75, 3.05) is 13.7 Å². The van der Waals surface area contributed by atoms with Gasteiger partial charge in [0.15, 0.2) is 0 Å². The summed E-state index contributed by atoms with van der Waals surface area (Å²) in [7, 11) is 1.30. The highest BCUT2D eigenvalue weighted by atomic mass is 16.5. The lowest BCUT2D eigenvalue weighted by Gasteiger charge is -2.15. The number of aromatic nitrogens is 3. The molecule has 1 atom stereocenters. The van der Waals surface area contributed by atoms with Gasteiger partial charge in [0.25, 0.3) is 5.56 Å². The molecule has 0 aromatic heterocycles. The molecule has 0 spiro atoms. The third kappa shape index (κ3) is 2.20. The first-order valence-corrected chi connectivity index (χ1v) is 6.47. The fourth-order valence-corrected chi connectivity index (χ4v) is 2.48. The Morgan fingerprint density at radius 2 is 2.45 bits per heavy atom. The van der Waals surface area contributed by atoms with Gasteiger partial charge in [-0.2, -0.15) is 5.10 Å². The van der Waals surface area contributed by atoms with Crippen molar-refractivity contribution >= 4 is 5.97 Å². The molecule has 106 valence electrons. The van der Waals surface area contributed by atoms with Crippen LogP contribution in [-0.2, 0) is 16.0 Å². The minimum Gasteiger partial charge on any atom is -0.465 e. The summed E-state index contributed by atoms with van der Waals surface area (Å²) in [4.78, 5) is 23.5. The molecule has 0 bridgehead atoms. The number of esters is 1. The van der Waals surface area contributed by atoms with Crippen LogP contribution in [0.2, 0.25) is 0 Å². The average molecular weight is 277 g/mol. The second kappa shape index (κ2) is 5.09. The van der Waals surface area contributed by atoms with Crippen molar-refractivity contribution in [1.82, 2.24) is 14.8 Å². The number of methoxy groups -OCH3 is 1. The predicted octanol–water partition coefficient (Wildman–Crippen LogP) is 0.642. The van der Waals surface area contributed by atoms with Gasteiger partial charge < -0.3 is 14.0 Å². The molecule has 0 unspecified atom stereocenters. The Balaban J connectivity index is 2.03. The van der Waals surface area contributed by atoms with E-state index in [-0.39, 0.29) is 17.2 Å². The van der Waals surface area contributed by atoms with E-state index < -0.39 is 5.97 Å². The number of aromatic amines is 1. The van der Waals surface area contributed by atoms with Gasteiger partial charge in [0.1, 0.15) is 11.3 Å². The fourth-order valence-electron chi connectivity index (χ4n) is 2.48. The number of hydrogen-bond donors (Lipinski definition) is 1. The van der Waals surface area contributed by atoms with Crippen molar-refractivity contribution in [1.29, 1.82) is 0 Å². The molecule has 0 radical (unpaired) electrons. The van der Waals surface area contributed by atoms with Gasteiger partial charge >= 0.3 is 5.97 Å². The molecule has 3 aliphatic heterocycles. The lowest BCUT2D eigenvalue weighted by atomic mass is 10.1. The van der Waals surface area contributed by atoms with Gasteiger partial charge in [-0.3, -0.25) is 4.79 Å². The van der Waals surface area contributed by atoms with Gasteiger partial charge in [-0.05, 0) is 12.8 Å². The Kier molecular flexibility index (Phi) is 3.27. The van der Waals surface area contributed by atoms with E-state index in [2.05, 4.69) is 10.2 Å². The van der Waals surface area contributed by atoms with Crippen molar-refractivity contribution in [3.63, 3.8) is 0 Å². The first-order valence-electron chi connectivity index (χ1n) is 6.47. The van der Waals surface area contributed by atoms with Crippen LogP contribution in [0, 0.1) is 0 Å². The monoisotopic (exact) mass is 277 g/mol. The van der Waals surface area contributed by atoms with Crippen LogP contribution >= 0.6 is 0 Å². The minimum atomic E-state index is -0.511. The van der Waals surface area contributed by atoms with E-state index >= 15 is 0 Å². The lowest BCUT2D eigenvalue weighted by Crippen LogP contribution is -2.18. The van der Waals surface area contributed by atoms with Crippen LogP contribution in [0.1, 0.15) is 23.2 Å². The Hall–Kier alpha value is -2.15. The normalized spacial score (nSPS) is 18.6. The average Bonchev–Trinajstić information content (AvgIpc) is 3.08. The third-order valence-corrected chi connectivity index (χ3v) is 3.46. The van der Waals surface area contributed by atoms with Crippen LogP contribution in [0.3, 0.4) is 0 Å². The number of ether oxygens (including phenoxy) is 2. The summed E-state index contributed by atoms with van der Waals surface area (Å²) in [6, 6.07) is 0. The molecule has 1 fully saturated rings. The molecule has 1 N–H and O–H groups in total. The zero-order valence-electron chi connectivity index (χ0n) is 11.1. The molecule has 7 heteroatoms. The van der Waals surface area contributed by atoms with E-state index in [4.69, 9.17) is 9.47 Å². The Morgan fingerprint density at radius 1 is 1.60 bits per heavy atom. The van der Waals surface area contributed by atoms with Gasteiger partial charge in [-0.1, -0.05) is 0 Å². The maximum atomic E-state index is 11.8. The Bertz CT molecular complexity index is 654. The molecule has 3 heterocycles. The van der Waals surface area contributed by atoms with E-state index in [9.17, 15) is 9.59 Å². The first kappa shape index (κ1) is 12.9. The highest BCUT2D eigenvalue weighted by molar-refractivity contribution is 5.95. The van der Waals surface area contributed by atoms with Crippen molar-refractivity contribution in [3.05, 3.63) is 28.3 Å². The molecular weight excluding hydrogens is 262 g/mol. The summed E-state index contributed by atoms with van der Waals surface area (Å²) in [5, 5.41) is 6.24. The zero-order chi connectivity index (χ0) is 14.1. The summed E-state index contributed by atoms with van der Waals surface area (Å²) < 4.78 is 12.1. The van der Waals surface area contributed by atoms with Gasteiger partial charge in [0.05, 0.1) is 18.8 Å². The van der Waals surface area contributed by atoms with E-state index in [0.29, 0.717) is 17.8 Å². The second-order valence-corrected chi connectivity index (χ2v) is 4.81. The fraction of sp³-hybridized carbons (Fsp3) is 0.462. The maximum absolute atomic E-state index is 11.8. The maximum Gasteiger partial charge on any atom is 0.341 e. The zero-order valence-corrected chi connectivity index (χ0v) is 11.1. The summed E-state index contributed by atoms with van der Waals surface area (Å²) in [5.41, 5.74) is 0.685. The number of rotatable bonds is 3. The molecule has 0 aliphatic carbocycles. The first-order chi connectivity index (χ1) is 9.69. The van der Waals surface area contributed by atoms with Crippen molar-refractivity contribution in [2.45, 2.75) is 25.5 Å². The van der Waals surface area contributed by atoms with Crippen LogP contribution in [0.5, 0.6) is 0 Å². The molecule has 20 heavy (non-hydrogen) atoms. The largest absolute Gasteiger partial charge is 0.465 e. The topological polar surface area (TPSA) is 86.2 Å². The molecule has 3 rings (SSSR count). The smallest absolute Gasteiger partial charge is 0.341 e. The minimum absolute atomic E-state index is 0.116. The summed E-state index contributed by atoms with van der Waals surface area (Å²) in [6.07, 6.45) is 5.47. The molecule has 7 nitrogen and oxygen atoms in total. The number of fused-ring (bicyclic) bond motifs is 1. The summed E-state index contributed by atoms with van der Waals surface area (Å²) >= 11 is 0. The van der Waals surface area contributed by atoms with E-state index in [1.54, 1.807) is 17.0 Å². The van der Waals surface area contributed by atoms with Crippen LogP contribution in [0.25, 0.3) is 11.3 Å². The number of carbonyl (C=O) groups excluding carboxylic acids is 1. The predicted molar refractivity (Wildman–Crippen MR) is 69.8 cm³/mol. The molecule has 1 saturated heterocycles. The number of nitrogens with zero attached hydrogens (tertiary/aromatic N) is 2. The molecule has 0 aromatic carbocycles. The van der Waals surface area contributed by atoms with E-state index in [1.807, 2.05) is 0 Å². The van der Waals surface area contributed by atoms with Crippen molar-refractivity contribution in [2.24, 2.45) is 0 Å².